The lowest BCUT2D eigenvalue weighted by Gasteiger charge is -2.28. The van der Waals surface area contributed by atoms with E-state index in [0.29, 0.717) is 5.11 Å². The van der Waals surface area contributed by atoms with Crippen molar-refractivity contribution in [1.29, 1.82) is 0 Å². The Balaban J connectivity index is 1.68. The summed E-state index contributed by atoms with van der Waals surface area (Å²) >= 11 is 5.87. The van der Waals surface area contributed by atoms with Gasteiger partial charge in [0.2, 0.25) is 0 Å². The molecule has 1 N–H and O–H groups in total. The molecule has 1 aliphatic heterocycles. The smallest absolute Gasteiger partial charge is 0.174 e. The first-order chi connectivity index (χ1) is 16.1. The molecule has 5 rings (SSSR count). The highest BCUT2D eigenvalue weighted by molar-refractivity contribution is 7.80. The molecule has 5 nitrogen and oxygen atoms in total. The van der Waals surface area contributed by atoms with Crippen LogP contribution in [0, 0.1) is 13.8 Å². The maximum absolute atomic E-state index is 5.87. The number of pyridine rings is 1. The van der Waals surface area contributed by atoms with Crippen molar-refractivity contribution < 1.29 is 4.74 Å². The summed E-state index contributed by atoms with van der Waals surface area (Å²) in [6, 6.07) is 26.6. The molecule has 6 heteroatoms. The largest absolute Gasteiger partial charge is 0.497 e. The van der Waals surface area contributed by atoms with Crippen LogP contribution in [0.5, 0.6) is 5.75 Å². The molecular formula is C27H26N4OS. The van der Waals surface area contributed by atoms with Crippen LogP contribution in [0.15, 0.2) is 85.1 Å². The quantitative estimate of drug-likeness (QED) is 0.393. The highest BCUT2D eigenvalue weighted by Crippen LogP contribution is 2.44. The predicted octanol–water partition coefficient (Wildman–Crippen LogP) is 5.67. The van der Waals surface area contributed by atoms with Crippen molar-refractivity contribution in [2.75, 3.05) is 12.0 Å². The summed E-state index contributed by atoms with van der Waals surface area (Å²) < 4.78 is 7.80. The first-order valence-electron chi connectivity index (χ1n) is 11.0. The summed E-state index contributed by atoms with van der Waals surface area (Å²) in [5, 5.41) is 4.22. The van der Waals surface area contributed by atoms with Crippen LogP contribution >= 0.6 is 12.2 Å². The second-order valence-corrected chi connectivity index (χ2v) is 8.58. The highest BCUT2D eigenvalue weighted by atomic mass is 32.1. The van der Waals surface area contributed by atoms with Crippen LogP contribution < -0.4 is 15.0 Å². The second-order valence-electron chi connectivity index (χ2n) is 8.20. The number of aromatic nitrogens is 2. The van der Waals surface area contributed by atoms with E-state index in [1.54, 1.807) is 7.11 Å². The fourth-order valence-electron chi connectivity index (χ4n) is 4.77. The molecule has 3 heterocycles. The molecule has 166 valence electrons. The number of benzene rings is 2. The van der Waals surface area contributed by atoms with Crippen molar-refractivity contribution in [1.82, 2.24) is 14.9 Å². The van der Waals surface area contributed by atoms with Crippen molar-refractivity contribution in [2.24, 2.45) is 0 Å². The standard InChI is InChI=1S/C27H26N4OS/c1-18-16-23(19(2)30(18)20-10-5-4-6-11-20)26-25(24-14-7-8-15-28-24)29-27(33)31(26)21-12-9-13-22(17-21)32-3/h4-17,25-26H,1-3H3,(H,29,33)/t25-,26+/m1/s1. The number of hydrogen-bond donors (Lipinski definition) is 1. The summed E-state index contributed by atoms with van der Waals surface area (Å²) in [5.41, 5.74) is 6.66. The number of para-hydroxylation sites is 1. The minimum Gasteiger partial charge on any atom is -0.497 e. The third-order valence-corrected chi connectivity index (χ3v) is 6.55. The Morgan fingerprint density at radius 1 is 0.909 bits per heavy atom. The average molecular weight is 455 g/mol. The topological polar surface area (TPSA) is 42.3 Å². The van der Waals surface area contributed by atoms with Gasteiger partial charge in [0.25, 0.3) is 0 Å². The Morgan fingerprint density at radius 3 is 2.39 bits per heavy atom. The van der Waals surface area contributed by atoms with Crippen LogP contribution in [0.1, 0.15) is 34.7 Å². The predicted molar refractivity (Wildman–Crippen MR) is 136 cm³/mol. The molecule has 4 aromatic rings. The van der Waals surface area contributed by atoms with Crippen LogP contribution in [-0.2, 0) is 0 Å². The van der Waals surface area contributed by atoms with E-state index in [1.165, 1.54) is 17.0 Å². The molecule has 0 bridgehead atoms. The van der Waals surface area contributed by atoms with Crippen LogP contribution in [-0.4, -0.2) is 21.8 Å². The molecule has 1 saturated heterocycles. The summed E-state index contributed by atoms with van der Waals surface area (Å²) in [6.07, 6.45) is 1.83. The molecule has 33 heavy (non-hydrogen) atoms. The first-order valence-corrected chi connectivity index (χ1v) is 11.4. The summed E-state index contributed by atoms with van der Waals surface area (Å²) in [5.74, 6) is 0.796. The van der Waals surface area contributed by atoms with Gasteiger partial charge in [-0.05, 0) is 74.1 Å². The number of hydrogen-bond acceptors (Lipinski definition) is 3. The van der Waals surface area contributed by atoms with Crippen molar-refractivity contribution in [3.05, 3.63) is 108 Å². The molecule has 0 unspecified atom stereocenters. The fraction of sp³-hybridized carbons (Fsp3) is 0.185. The van der Waals surface area contributed by atoms with Crippen molar-refractivity contribution in [3.8, 4) is 11.4 Å². The molecular weight excluding hydrogens is 428 g/mol. The summed E-state index contributed by atoms with van der Waals surface area (Å²) in [4.78, 5) is 6.86. The lowest BCUT2D eigenvalue weighted by molar-refractivity contribution is 0.415. The van der Waals surface area contributed by atoms with Gasteiger partial charge in [0.05, 0.1) is 24.9 Å². The average Bonchev–Trinajstić information content (AvgIpc) is 3.35. The number of methoxy groups -OCH3 is 1. The number of nitrogens with one attached hydrogen (secondary N) is 1. The van der Waals surface area contributed by atoms with Gasteiger partial charge in [0.15, 0.2) is 5.11 Å². The Kier molecular flexibility index (Phi) is 5.60. The van der Waals surface area contributed by atoms with Crippen LogP contribution in [0.4, 0.5) is 5.69 Å². The van der Waals surface area contributed by atoms with E-state index in [1.807, 2.05) is 42.6 Å². The van der Waals surface area contributed by atoms with Crippen molar-refractivity contribution >= 4 is 23.0 Å². The Labute approximate surface area is 199 Å². The van der Waals surface area contributed by atoms with Crippen LogP contribution in [0.3, 0.4) is 0 Å². The number of rotatable bonds is 5. The number of nitrogens with zero attached hydrogens (tertiary/aromatic N) is 3. The molecule has 0 radical (unpaired) electrons. The van der Waals surface area contributed by atoms with Gasteiger partial charge in [-0.2, -0.15) is 0 Å². The van der Waals surface area contributed by atoms with Crippen molar-refractivity contribution in [2.45, 2.75) is 25.9 Å². The first kappa shape index (κ1) is 21.2. The third-order valence-electron chi connectivity index (χ3n) is 6.23. The van der Waals surface area contributed by atoms with Gasteiger partial charge in [0.1, 0.15) is 5.75 Å². The molecule has 2 atom stereocenters. The lowest BCUT2D eigenvalue weighted by Crippen LogP contribution is -2.29. The molecule has 2 aromatic carbocycles. The summed E-state index contributed by atoms with van der Waals surface area (Å²) in [6.45, 7) is 4.33. The van der Waals surface area contributed by atoms with E-state index in [4.69, 9.17) is 17.0 Å². The zero-order valence-corrected chi connectivity index (χ0v) is 19.7. The monoisotopic (exact) mass is 454 g/mol. The van der Waals surface area contributed by atoms with Crippen LogP contribution in [0.2, 0.25) is 0 Å². The SMILES string of the molecule is COc1cccc(N2C(=S)N[C@H](c3ccccn3)[C@@H]2c2cc(C)n(-c3ccccc3)c2C)c1. The highest BCUT2D eigenvalue weighted by Gasteiger charge is 2.42. The molecule has 2 aromatic heterocycles. The van der Waals surface area contributed by atoms with Gasteiger partial charge < -0.3 is 19.5 Å². The maximum Gasteiger partial charge on any atom is 0.174 e. The minimum atomic E-state index is -0.0883. The fourth-order valence-corrected chi connectivity index (χ4v) is 5.12. The molecule has 0 spiro atoms. The number of thiocarbonyl (C=S) groups is 1. The van der Waals surface area contributed by atoms with Gasteiger partial charge in [-0.15, -0.1) is 0 Å². The third kappa shape index (κ3) is 3.76. The minimum absolute atomic E-state index is 0.0665. The van der Waals surface area contributed by atoms with Gasteiger partial charge in [-0.1, -0.05) is 30.3 Å². The Bertz CT molecular complexity index is 1290. The van der Waals surface area contributed by atoms with E-state index in [2.05, 4.69) is 76.1 Å². The van der Waals surface area contributed by atoms with Gasteiger partial charge in [-0.25, -0.2) is 0 Å². The van der Waals surface area contributed by atoms with E-state index in [-0.39, 0.29) is 12.1 Å². The Hall–Kier alpha value is -3.64. The number of ether oxygens (including phenoxy) is 1. The molecule has 1 fully saturated rings. The zero-order chi connectivity index (χ0) is 22.9. The molecule has 0 amide bonds. The molecule has 1 aliphatic rings. The normalized spacial score (nSPS) is 17.8. The van der Waals surface area contributed by atoms with Crippen molar-refractivity contribution in [3.63, 3.8) is 0 Å². The van der Waals surface area contributed by atoms with E-state index in [9.17, 15) is 0 Å². The zero-order valence-electron chi connectivity index (χ0n) is 18.9. The van der Waals surface area contributed by atoms with E-state index < -0.39 is 0 Å². The number of aryl methyl sites for hydroxylation is 1. The summed E-state index contributed by atoms with van der Waals surface area (Å²) in [7, 11) is 1.68. The van der Waals surface area contributed by atoms with Gasteiger partial charge in [-0.3, -0.25) is 4.98 Å². The van der Waals surface area contributed by atoms with Gasteiger partial charge in [0, 0.05) is 35.0 Å². The lowest BCUT2D eigenvalue weighted by atomic mass is 9.96. The Morgan fingerprint density at radius 2 is 1.67 bits per heavy atom. The maximum atomic E-state index is 5.87. The molecule has 0 aliphatic carbocycles. The van der Waals surface area contributed by atoms with E-state index in [0.717, 1.165) is 22.8 Å². The van der Waals surface area contributed by atoms with Crippen LogP contribution in [0.25, 0.3) is 5.69 Å². The number of anilines is 1. The molecule has 0 saturated carbocycles. The van der Waals surface area contributed by atoms with E-state index >= 15 is 0 Å². The second kappa shape index (κ2) is 8.71. The van der Waals surface area contributed by atoms with Gasteiger partial charge >= 0.3 is 0 Å².